The molecule has 3 saturated carbocycles. The maximum absolute atomic E-state index is 13.1. The van der Waals surface area contributed by atoms with E-state index in [4.69, 9.17) is 28.4 Å². The van der Waals surface area contributed by atoms with Crippen LogP contribution in [0.1, 0.15) is 223 Å². The number of hydrogen-bond acceptors (Lipinski definition) is 10. The lowest BCUT2D eigenvalue weighted by Crippen LogP contribution is -2.63. The van der Waals surface area contributed by atoms with Gasteiger partial charge in [-0.05, 0) is 104 Å². The van der Waals surface area contributed by atoms with Crippen molar-refractivity contribution in [2.24, 2.45) is 46.3 Å². The Morgan fingerprint density at radius 3 is 1.91 bits per heavy atom. The Bertz CT molecular complexity index is 1540. The van der Waals surface area contributed by atoms with E-state index in [9.17, 15) is 19.2 Å². The summed E-state index contributed by atoms with van der Waals surface area (Å²) in [5.41, 5.74) is 1.96. The van der Waals surface area contributed by atoms with E-state index in [0.29, 0.717) is 17.3 Å². The summed E-state index contributed by atoms with van der Waals surface area (Å²) < 4.78 is 36.3. The van der Waals surface area contributed by atoms with Crippen molar-refractivity contribution in [3.8, 4) is 0 Å². The lowest BCUT2D eigenvalue weighted by atomic mass is 9.47. The van der Waals surface area contributed by atoms with Crippen LogP contribution in [-0.4, -0.2) is 67.3 Å². The predicted molar refractivity (Wildman–Crippen MR) is 255 cm³/mol. The molecule has 4 fully saturated rings. The minimum absolute atomic E-state index is 0.0957. The molecule has 1 heterocycles. The third kappa shape index (κ3) is 14.8. The second-order valence-electron chi connectivity index (χ2n) is 22.2. The van der Waals surface area contributed by atoms with Gasteiger partial charge in [-0.3, -0.25) is 19.2 Å². The van der Waals surface area contributed by atoms with Gasteiger partial charge in [-0.25, -0.2) is 0 Å². The molecule has 4 aliphatic carbocycles. The first-order chi connectivity index (χ1) is 31.1. The molecule has 10 heteroatoms. The molecule has 65 heavy (non-hydrogen) atoms. The number of allylic oxidation sites excluding steroid dienone is 1. The van der Waals surface area contributed by atoms with Crippen LogP contribution >= 0.6 is 0 Å². The fourth-order valence-corrected chi connectivity index (χ4v) is 13.6. The van der Waals surface area contributed by atoms with Gasteiger partial charge in [0.2, 0.25) is 0 Å². The van der Waals surface area contributed by atoms with Gasteiger partial charge in [0.15, 0.2) is 24.6 Å². The number of carbonyl (C=O) groups excluding carboxylic acids is 4. The van der Waals surface area contributed by atoms with E-state index < -0.39 is 48.6 Å². The molecular weight excluding hydrogens is 821 g/mol. The summed E-state index contributed by atoms with van der Waals surface area (Å²) in [6.07, 6.45) is 25.4. The third-order valence-electron chi connectivity index (χ3n) is 17.0. The number of esters is 4. The SMILES string of the molecule is CCCCCCCCCCCCCCCC(=O)OC[C@H]1O[C@@H](O[C@H]2CC[C@@]3(C)C(=CC[C@H]4[C@@H]5CC[C@H]([C@H](C)CCCC(C)C)[C@@]5(C)CC[C@@H]43)C2)[C@H](OC(C)=O)[C@@H](OC(C)=O)[C@H]1OC(C)=O. The minimum Gasteiger partial charge on any atom is -0.463 e. The molecular formula is C55H92O10. The fraction of sp³-hybridized carbons (Fsp3) is 0.891. The fourth-order valence-electron chi connectivity index (χ4n) is 13.6. The highest BCUT2D eigenvalue weighted by atomic mass is 16.7. The standard InChI is InChI=1S/C55H92O10/c1-10-11-12-13-14-15-16-17-18-19-20-21-22-26-49(59)60-36-48-50(61-39(5)56)51(62-40(6)57)52(63-41(7)58)53(65-48)64-43-31-33-54(8)42(35-43)27-28-44-46-30-29-45(38(4)25-23-24-37(2)3)55(46,9)34-32-47(44)54/h27,37-38,43-48,50-53H,10-26,28-36H2,1-9H3/t38-,43+,44+,45-,46+,47+,48-,50+,51+,52-,53-,54+,55-/m1/s1. The van der Waals surface area contributed by atoms with E-state index in [1.165, 1.54) is 135 Å². The van der Waals surface area contributed by atoms with Gasteiger partial charge in [0.1, 0.15) is 12.7 Å². The topological polar surface area (TPSA) is 124 Å². The Labute approximate surface area is 394 Å². The molecule has 0 radical (unpaired) electrons. The molecule has 0 aromatic rings. The van der Waals surface area contributed by atoms with E-state index in [2.05, 4.69) is 47.6 Å². The summed E-state index contributed by atoms with van der Waals surface area (Å²) in [4.78, 5) is 50.7. The lowest BCUT2D eigenvalue weighted by Gasteiger charge is -2.58. The quantitative estimate of drug-likeness (QED) is 0.0358. The van der Waals surface area contributed by atoms with Crippen LogP contribution in [0.25, 0.3) is 0 Å². The Kier molecular flexibility index (Phi) is 21.2. The molecule has 0 aromatic heterocycles. The van der Waals surface area contributed by atoms with Gasteiger partial charge in [0.05, 0.1) is 6.10 Å². The average Bonchev–Trinajstić information content (AvgIpc) is 3.60. The van der Waals surface area contributed by atoms with Crippen molar-refractivity contribution in [1.82, 2.24) is 0 Å². The second-order valence-corrected chi connectivity index (χ2v) is 22.2. The second kappa shape index (κ2) is 25.8. The minimum atomic E-state index is -1.24. The molecule has 13 atom stereocenters. The summed E-state index contributed by atoms with van der Waals surface area (Å²) >= 11 is 0. The Balaban J connectivity index is 1.19. The summed E-state index contributed by atoms with van der Waals surface area (Å²) in [7, 11) is 0. The molecule has 0 spiro atoms. The van der Waals surface area contributed by atoms with Crippen LogP contribution in [0.2, 0.25) is 0 Å². The van der Waals surface area contributed by atoms with Crippen molar-refractivity contribution in [2.75, 3.05) is 6.61 Å². The summed E-state index contributed by atoms with van der Waals surface area (Å²) in [6.45, 7) is 18.2. The molecule has 372 valence electrons. The van der Waals surface area contributed by atoms with E-state index in [-0.39, 0.29) is 30.5 Å². The van der Waals surface area contributed by atoms with Crippen molar-refractivity contribution in [3.63, 3.8) is 0 Å². The first kappa shape index (κ1) is 53.5. The van der Waals surface area contributed by atoms with E-state index in [1.54, 1.807) is 0 Å². The zero-order chi connectivity index (χ0) is 47.1. The molecule has 0 N–H and O–H groups in total. The molecule has 0 unspecified atom stereocenters. The largest absolute Gasteiger partial charge is 0.463 e. The third-order valence-corrected chi connectivity index (χ3v) is 17.0. The first-order valence-corrected chi connectivity index (χ1v) is 26.7. The van der Waals surface area contributed by atoms with Crippen LogP contribution < -0.4 is 0 Å². The number of unbranched alkanes of at least 4 members (excludes halogenated alkanes) is 12. The van der Waals surface area contributed by atoms with Crippen LogP contribution in [-0.2, 0) is 47.6 Å². The summed E-state index contributed by atoms with van der Waals surface area (Å²) in [6, 6.07) is 0. The highest BCUT2D eigenvalue weighted by Gasteiger charge is 2.60. The number of fused-ring (bicyclic) bond motifs is 5. The zero-order valence-corrected chi connectivity index (χ0v) is 42.5. The van der Waals surface area contributed by atoms with Crippen LogP contribution in [0, 0.1) is 46.3 Å². The van der Waals surface area contributed by atoms with Crippen molar-refractivity contribution in [1.29, 1.82) is 0 Å². The number of hydrogen-bond donors (Lipinski definition) is 0. The van der Waals surface area contributed by atoms with Gasteiger partial charge in [-0.15, -0.1) is 0 Å². The number of rotatable bonds is 26. The highest BCUT2D eigenvalue weighted by molar-refractivity contribution is 5.69. The first-order valence-electron chi connectivity index (χ1n) is 26.7. The highest BCUT2D eigenvalue weighted by Crippen LogP contribution is 2.67. The van der Waals surface area contributed by atoms with Crippen LogP contribution in [0.3, 0.4) is 0 Å². The molecule has 10 nitrogen and oxygen atoms in total. The van der Waals surface area contributed by atoms with Crippen molar-refractivity contribution >= 4 is 23.9 Å². The van der Waals surface area contributed by atoms with Crippen molar-refractivity contribution in [2.45, 2.75) is 260 Å². The van der Waals surface area contributed by atoms with Gasteiger partial charge in [-0.2, -0.15) is 0 Å². The van der Waals surface area contributed by atoms with E-state index in [0.717, 1.165) is 68.6 Å². The normalized spacial score (nSPS) is 33.5. The Morgan fingerprint density at radius 1 is 0.692 bits per heavy atom. The van der Waals surface area contributed by atoms with Crippen molar-refractivity contribution in [3.05, 3.63) is 11.6 Å². The number of ether oxygens (including phenoxy) is 6. The van der Waals surface area contributed by atoms with Gasteiger partial charge in [0.25, 0.3) is 0 Å². The monoisotopic (exact) mass is 913 g/mol. The smallest absolute Gasteiger partial charge is 0.305 e. The van der Waals surface area contributed by atoms with Gasteiger partial charge in [0, 0.05) is 27.2 Å². The van der Waals surface area contributed by atoms with E-state index >= 15 is 0 Å². The van der Waals surface area contributed by atoms with Crippen molar-refractivity contribution < 1.29 is 47.6 Å². The Morgan fingerprint density at radius 2 is 1.29 bits per heavy atom. The maximum atomic E-state index is 13.1. The average molecular weight is 913 g/mol. The van der Waals surface area contributed by atoms with Gasteiger partial charge >= 0.3 is 23.9 Å². The molecule has 1 saturated heterocycles. The van der Waals surface area contributed by atoms with Gasteiger partial charge in [-0.1, -0.05) is 150 Å². The molecule has 0 bridgehead atoms. The summed E-state index contributed by atoms with van der Waals surface area (Å²) in [5.74, 6) is 2.22. The van der Waals surface area contributed by atoms with Crippen LogP contribution in [0.5, 0.6) is 0 Å². The number of carbonyl (C=O) groups is 4. The lowest BCUT2D eigenvalue weighted by molar-refractivity contribution is -0.318. The van der Waals surface area contributed by atoms with Gasteiger partial charge < -0.3 is 28.4 Å². The zero-order valence-electron chi connectivity index (χ0n) is 42.5. The maximum Gasteiger partial charge on any atom is 0.305 e. The molecule has 1 aliphatic heterocycles. The summed E-state index contributed by atoms with van der Waals surface area (Å²) in [5, 5.41) is 0. The molecule has 0 aromatic carbocycles. The van der Waals surface area contributed by atoms with E-state index in [1.807, 2.05) is 0 Å². The van der Waals surface area contributed by atoms with Crippen LogP contribution in [0.4, 0.5) is 0 Å². The molecule has 5 rings (SSSR count). The Hall–Kier alpha value is -2.46. The molecule has 5 aliphatic rings. The van der Waals surface area contributed by atoms with Crippen LogP contribution in [0.15, 0.2) is 11.6 Å². The molecule has 0 amide bonds. The predicted octanol–water partition coefficient (Wildman–Crippen LogP) is 13.0.